The molecule has 1 spiro atoms. The van der Waals surface area contributed by atoms with Gasteiger partial charge in [0.05, 0.1) is 13.2 Å². The highest BCUT2D eigenvalue weighted by atomic mass is 16.8. The molecule has 2 unspecified atom stereocenters. The minimum atomic E-state index is -0.536. The summed E-state index contributed by atoms with van der Waals surface area (Å²) in [5, 5.41) is 8.83. The molecule has 2 aliphatic rings. The number of aliphatic hydroxyl groups is 1. The van der Waals surface area contributed by atoms with E-state index in [9.17, 15) is 0 Å². The molecule has 4 heteroatoms. The zero-order valence-electron chi connectivity index (χ0n) is 6.99. The number of hydrogen-bond donors (Lipinski definition) is 1. The molecular weight excluding hydrogens is 160 g/mol. The fourth-order valence-electron chi connectivity index (χ4n) is 1.66. The first kappa shape index (κ1) is 8.44. The third-order valence-electron chi connectivity index (χ3n) is 2.29. The van der Waals surface area contributed by atoms with Gasteiger partial charge in [0.25, 0.3) is 0 Å². The summed E-state index contributed by atoms with van der Waals surface area (Å²) in [6.07, 6.45) is 1.69. The van der Waals surface area contributed by atoms with Crippen LogP contribution in [0.3, 0.4) is 0 Å². The second-order valence-electron chi connectivity index (χ2n) is 3.30. The summed E-state index contributed by atoms with van der Waals surface area (Å²) in [6.45, 7) is 1.81. The largest absolute Gasteiger partial charge is 0.394 e. The molecule has 12 heavy (non-hydrogen) atoms. The summed E-state index contributed by atoms with van der Waals surface area (Å²) in [6, 6.07) is 0. The van der Waals surface area contributed by atoms with E-state index in [1.807, 2.05) is 0 Å². The Bertz CT molecular complexity index is 153. The van der Waals surface area contributed by atoms with Crippen LogP contribution >= 0.6 is 0 Å². The smallest absolute Gasteiger partial charge is 0.192 e. The maximum Gasteiger partial charge on any atom is 0.192 e. The molecule has 2 rings (SSSR count). The van der Waals surface area contributed by atoms with E-state index in [2.05, 4.69) is 0 Å². The molecule has 0 aromatic heterocycles. The predicted molar refractivity (Wildman–Crippen MR) is 40.7 cm³/mol. The van der Waals surface area contributed by atoms with Crippen molar-refractivity contribution in [1.82, 2.24) is 0 Å². The molecule has 2 atom stereocenters. The Balaban J connectivity index is 1.94. The van der Waals surface area contributed by atoms with Crippen molar-refractivity contribution in [3.63, 3.8) is 0 Å². The molecule has 1 N–H and O–H groups in total. The molecule has 2 heterocycles. The summed E-state index contributed by atoms with van der Waals surface area (Å²) < 4.78 is 16.3. The third kappa shape index (κ3) is 1.47. The lowest BCUT2D eigenvalue weighted by Gasteiger charge is -2.31. The van der Waals surface area contributed by atoms with E-state index in [0.29, 0.717) is 13.2 Å². The lowest BCUT2D eigenvalue weighted by molar-refractivity contribution is -0.227. The number of rotatable bonds is 1. The lowest BCUT2D eigenvalue weighted by Crippen LogP contribution is -2.40. The summed E-state index contributed by atoms with van der Waals surface area (Å²) in [7, 11) is 0. The van der Waals surface area contributed by atoms with Crippen LogP contribution in [0.5, 0.6) is 0 Å². The van der Waals surface area contributed by atoms with Crippen LogP contribution in [0.2, 0.25) is 0 Å². The molecule has 0 aromatic carbocycles. The van der Waals surface area contributed by atoms with Crippen molar-refractivity contribution in [3.8, 4) is 0 Å². The first-order valence-corrected chi connectivity index (χ1v) is 4.35. The first-order valence-electron chi connectivity index (χ1n) is 4.35. The maximum absolute atomic E-state index is 8.83. The molecule has 0 bridgehead atoms. The van der Waals surface area contributed by atoms with Gasteiger partial charge in [-0.05, 0) is 6.42 Å². The van der Waals surface area contributed by atoms with E-state index < -0.39 is 5.79 Å². The third-order valence-corrected chi connectivity index (χ3v) is 2.29. The van der Waals surface area contributed by atoms with Gasteiger partial charge in [-0.25, -0.2) is 0 Å². The zero-order chi connectivity index (χ0) is 8.44. The predicted octanol–water partition coefficient (Wildman–Crippen LogP) is -0.0992. The van der Waals surface area contributed by atoms with E-state index in [1.54, 1.807) is 0 Å². The van der Waals surface area contributed by atoms with Crippen molar-refractivity contribution in [3.05, 3.63) is 0 Å². The molecular formula is C8H14O4. The van der Waals surface area contributed by atoms with Gasteiger partial charge in [-0.1, -0.05) is 0 Å². The summed E-state index contributed by atoms with van der Waals surface area (Å²) in [5.41, 5.74) is 0. The van der Waals surface area contributed by atoms with Crippen molar-refractivity contribution in [2.24, 2.45) is 0 Å². The molecule has 2 fully saturated rings. The van der Waals surface area contributed by atoms with E-state index in [1.165, 1.54) is 0 Å². The number of hydrogen-bond acceptors (Lipinski definition) is 4. The van der Waals surface area contributed by atoms with Crippen molar-refractivity contribution < 1.29 is 19.3 Å². The highest BCUT2D eigenvalue weighted by Gasteiger charge is 2.42. The van der Waals surface area contributed by atoms with Gasteiger partial charge in [0.1, 0.15) is 12.7 Å². The van der Waals surface area contributed by atoms with Crippen molar-refractivity contribution >= 4 is 0 Å². The van der Waals surface area contributed by atoms with Gasteiger partial charge >= 0.3 is 0 Å². The normalized spacial score (nSPS) is 42.2. The summed E-state index contributed by atoms with van der Waals surface area (Å²) >= 11 is 0. The minimum Gasteiger partial charge on any atom is -0.394 e. The molecule has 0 amide bonds. The van der Waals surface area contributed by atoms with Gasteiger partial charge in [-0.3, -0.25) is 0 Å². The fourth-order valence-corrected chi connectivity index (χ4v) is 1.66. The molecule has 2 saturated heterocycles. The number of aliphatic hydroxyl groups excluding tert-OH is 1. The molecule has 2 aliphatic heterocycles. The monoisotopic (exact) mass is 174 g/mol. The Kier molecular flexibility index (Phi) is 2.32. The van der Waals surface area contributed by atoms with Crippen molar-refractivity contribution in [1.29, 1.82) is 0 Å². The average molecular weight is 174 g/mol. The van der Waals surface area contributed by atoms with Crippen molar-refractivity contribution in [2.75, 3.05) is 26.4 Å². The fraction of sp³-hybridized carbons (Fsp3) is 1.00. The van der Waals surface area contributed by atoms with Gasteiger partial charge in [-0.15, -0.1) is 0 Å². The molecule has 0 aliphatic carbocycles. The van der Waals surface area contributed by atoms with Crippen LogP contribution in [0.25, 0.3) is 0 Å². The van der Waals surface area contributed by atoms with Gasteiger partial charge in [0.15, 0.2) is 5.79 Å². The molecule has 0 saturated carbocycles. The highest BCUT2D eigenvalue weighted by molar-refractivity contribution is 4.80. The van der Waals surface area contributed by atoms with E-state index in [-0.39, 0.29) is 12.7 Å². The molecule has 70 valence electrons. The minimum absolute atomic E-state index is 0.0295. The second-order valence-corrected chi connectivity index (χ2v) is 3.30. The van der Waals surface area contributed by atoms with Gasteiger partial charge in [-0.2, -0.15) is 0 Å². The van der Waals surface area contributed by atoms with Crippen molar-refractivity contribution in [2.45, 2.75) is 24.7 Å². The van der Waals surface area contributed by atoms with Crippen LogP contribution < -0.4 is 0 Å². The van der Waals surface area contributed by atoms with Crippen LogP contribution in [0, 0.1) is 0 Å². The number of ether oxygens (including phenoxy) is 3. The van der Waals surface area contributed by atoms with Crippen LogP contribution in [-0.4, -0.2) is 43.4 Å². The average Bonchev–Trinajstić information content (AvgIpc) is 2.50. The second kappa shape index (κ2) is 3.30. The Morgan fingerprint density at radius 3 is 3.00 bits per heavy atom. The van der Waals surface area contributed by atoms with Crippen LogP contribution in [0.15, 0.2) is 0 Å². The molecule has 4 nitrogen and oxygen atoms in total. The summed E-state index contributed by atoms with van der Waals surface area (Å²) in [5.74, 6) is -0.536. The summed E-state index contributed by atoms with van der Waals surface area (Å²) in [4.78, 5) is 0. The quantitative estimate of drug-likeness (QED) is 0.603. The standard InChI is InChI=1S/C8H14O4/c9-4-7-5-11-8(12-7)2-1-3-10-6-8/h7,9H,1-6H2. The Morgan fingerprint density at radius 2 is 2.42 bits per heavy atom. The van der Waals surface area contributed by atoms with Gasteiger partial charge in [0.2, 0.25) is 0 Å². The van der Waals surface area contributed by atoms with Crippen LogP contribution in [0.4, 0.5) is 0 Å². The first-order chi connectivity index (χ1) is 5.85. The SMILES string of the molecule is OCC1COC2(CCCOC2)O1. The lowest BCUT2D eigenvalue weighted by atomic mass is 10.1. The topological polar surface area (TPSA) is 47.9 Å². The maximum atomic E-state index is 8.83. The van der Waals surface area contributed by atoms with E-state index in [0.717, 1.165) is 19.4 Å². The van der Waals surface area contributed by atoms with Gasteiger partial charge in [0, 0.05) is 13.0 Å². The van der Waals surface area contributed by atoms with Crippen LogP contribution in [0.1, 0.15) is 12.8 Å². The van der Waals surface area contributed by atoms with E-state index in [4.69, 9.17) is 19.3 Å². The Morgan fingerprint density at radius 1 is 1.50 bits per heavy atom. The highest BCUT2D eigenvalue weighted by Crippen LogP contribution is 2.31. The van der Waals surface area contributed by atoms with Gasteiger partial charge < -0.3 is 19.3 Å². The zero-order valence-corrected chi connectivity index (χ0v) is 6.99. The molecule has 0 aromatic rings. The Hall–Kier alpha value is -0.160. The molecule has 0 radical (unpaired) electrons. The van der Waals surface area contributed by atoms with E-state index >= 15 is 0 Å². The van der Waals surface area contributed by atoms with Crippen LogP contribution in [-0.2, 0) is 14.2 Å². The Labute approximate surface area is 71.4 Å².